The van der Waals surface area contributed by atoms with Gasteiger partial charge in [-0.1, -0.05) is 0 Å². The van der Waals surface area contributed by atoms with Crippen LogP contribution in [0.15, 0.2) is 53.4 Å². The van der Waals surface area contributed by atoms with E-state index in [1.807, 2.05) is 0 Å². The minimum absolute atomic E-state index is 0. The van der Waals surface area contributed by atoms with Crippen LogP contribution < -0.4 is 11.4 Å². The largest absolute Gasteiger partial charge is 0.465 e. The van der Waals surface area contributed by atoms with Crippen LogP contribution in [0.2, 0.25) is 0 Å². The number of carbonyl (C=O) groups is 1. The quantitative estimate of drug-likeness (QED) is 0.530. The van der Waals surface area contributed by atoms with Gasteiger partial charge in [0.15, 0.2) is 0 Å². The molecule has 1 unspecified atom stereocenters. The predicted molar refractivity (Wildman–Crippen MR) is 112 cm³/mol. The number of carbonyl (C=O) groups excluding carboxylic acids is 1. The van der Waals surface area contributed by atoms with E-state index in [1.165, 1.54) is 41.5 Å². The van der Waals surface area contributed by atoms with Gasteiger partial charge in [0.05, 0.1) is 25.0 Å². The lowest BCUT2D eigenvalue weighted by molar-refractivity contribution is 0.0600. The summed E-state index contributed by atoms with van der Waals surface area (Å²) in [4.78, 5) is 25.2. The minimum Gasteiger partial charge on any atom is -0.465 e. The maximum atomic E-state index is 14.0. The number of aromatic amines is 1. The van der Waals surface area contributed by atoms with Gasteiger partial charge in [0.1, 0.15) is 12.1 Å². The smallest absolute Gasteiger partial charge is 0.343 e. The first kappa shape index (κ1) is 23.5. The van der Waals surface area contributed by atoms with Gasteiger partial charge in [-0.2, -0.15) is 5.10 Å². The fraction of sp³-hybridized carbons (Fsp3) is 0.211. The van der Waals surface area contributed by atoms with Gasteiger partial charge >= 0.3 is 11.7 Å². The van der Waals surface area contributed by atoms with Crippen LogP contribution in [0, 0.1) is 5.82 Å². The summed E-state index contributed by atoms with van der Waals surface area (Å²) in [7, 11) is 1.22. The van der Waals surface area contributed by atoms with Gasteiger partial charge in [0.2, 0.25) is 0 Å². The predicted octanol–water partition coefficient (Wildman–Crippen LogP) is 3.44. The number of thiophene rings is 1. The molecular formula is C19H19ClF2N4O3S. The molecule has 1 atom stereocenters. The fourth-order valence-corrected chi connectivity index (χ4v) is 3.98. The number of halogens is 3. The lowest BCUT2D eigenvalue weighted by Crippen LogP contribution is -2.23. The number of nitrogens with two attached hydrogens (primary N) is 1. The number of benzene rings is 1. The summed E-state index contributed by atoms with van der Waals surface area (Å²) in [5.74, 6) is -1.22. The maximum Gasteiger partial charge on any atom is 0.343 e. The molecule has 0 aliphatic rings. The first-order valence-electron chi connectivity index (χ1n) is 8.55. The van der Waals surface area contributed by atoms with Gasteiger partial charge in [-0.25, -0.2) is 23.5 Å². The molecule has 2 aromatic heterocycles. The van der Waals surface area contributed by atoms with Gasteiger partial charge in [0, 0.05) is 16.3 Å². The second-order valence-electron chi connectivity index (χ2n) is 6.18. The Balaban J connectivity index is 0.00000320. The van der Waals surface area contributed by atoms with E-state index in [4.69, 9.17) is 5.73 Å². The zero-order valence-electron chi connectivity index (χ0n) is 15.8. The molecule has 0 radical (unpaired) electrons. The normalized spacial score (nSPS) is 12.3. The highest BCUT2D eigenvalue weighted by Crippen LogP contribution is 2.35. The summed E-state index contributed by atoms with van der Waals surface area (Å²) < 4.78 is 33.1. The van der Waals surface area contributed by atoms with Crippen molar-refractivity contribution in [2.75, 3.05) is 13.7 Å². The van der Waals surface area contributed by atoms with E-state index in [2.05, 4.69) is 14.9 Å². The zero-order chi connectivity index (χ0) is 21.0. The van der Waals surface area contributed by atoms with Crippen molar-refractivity contribution in [2.24, 2.45) is 5.73 Å². The number of nitrogens with one attached hydrogen (secondary N) is 1. The average Bonchev–Trinajstić information content (AvgIpc) is 3.37. The molecule has 3 rings (SSSR count). The van der Waals surface area contributed by atoms with Crippen LogP contribution in [0.25, 0.3) is 10.4 Å². The molecule has 0 aliphatic carbocycles. The number of methoxy groups -OCH3 is 1. The summed E-state index contributed by atoms with van der Waals surface area (Å²) in [6.07, 6.45) is 1.93. The molecule has 0 spiro atoms. The number of esters is 1. The first-order chi connectivity index (χ1) is 14.0. The highest BCUT2D eigenvalue weighted by Gasteiger charge is 2.21. The van der Waals surface area contributed by atoms with Gasteiger partial charge in [-0.05, 0) is 47.9 Å². The lowest BCUT2D eigenvalue weighted by Gasteiger charge is -2.16. The van der Waals surface area contributed by atoms with Gasteiger partial charge in [-0.3, -0.25) is 4.57 Å². The topological polar surface area (TPSA) is 103 Å². The summed E-state index contributed by atoms with van der Waals surface area (Å²) >= 11 is 1.29. The van der Waals surface area contributed by atoms with Crippen LogP contribution in [0.3, 0.4) is 0 Å². The van der Waals surface area contributed by atoms with Crippen molar-refractivity contribution in [2.45, 2.75) is 12.5 Å². The Morgan fingerprint density at radius 1 is 1.40 bits per heavy atom. The molecular weight excluding hydrogens is 438 g/mol. The highest BCUT2D eigenvalue weighted by atomic mass is 35.5. The Kier molecular flexibility index (Phi) is 8.04. The lowest BCUT2D eigenvalue weighted by atomic mass is 10.1. The molecule has 7 nitrogen and oxygen atoms in total. The van der Waals surface area contributed by atoms with Crippen LogP contribution >= 0.6 is 23.7 Å². The molecule has 30 heavy (non-hydrogen) atoms. The van der Waals surface area contributed by atoms with Crippen molar-refractivity contribution in [3.05, 3.63) is 75.3 Å². The number of hydrogen-bond donors (Lipinski definition) is 2. The molecule has 11 heteroatoms. The van der Waals surface area contributed by atoms with Crippen LogP contribution in [0.5, 0.6) is 0 Å². The molecule has 2 heterocycles. The van der Waals surface area contributed by atoms with Crippen LogP contribution in [0.4, 0.5) is 8.78 Å². The third-order valence-corrected chi connectivity index (χ3v) is 5.58. The van der Waals surface area contributed by atoms with E-state index in [0.29, 0.717) is 22.3 Å². The fourth-order valence-electron chi connectivity index (χ4n) is 2.89. The Morgan fingerprint density at radius 2 is 2.17 bits per heavy atom. The molecule has 160 valence electrons. The molecule has 3 N–H and O–H groups in total. The van der Waals surface area contributed by atoms with E-state index in [-0.39, 0.29) is 30.9 Å². The Hall–Kier alpha value is -2.82. The van der Waals surface area contributed by atoms with Gasteiger partial charge < -0.3 is 10.5 Å². The van der Waals surface area contributed by atoms with E-state index in [9.17, 15) is 18.4 Å². The van der Waals surface area contributed by atoms with E-state index < -0.39 is 23.5 Å². The SMILES string of the molecule is COC(=O)c1cc(F)cc(-c2ccc(C(C/C(=C\F)CN)n3cn[nH]c3=O)s2)c1.Cl. The van der Waals surface area contributed by atoms with E-state index >= 15 is 0 Å². The summed E-state index contributed by atoms with van der Waals surface area (Å²) in [6, 6.07) is 6.88. The van der Waals surface area contributed by atoms with Crippen LogP contribution in [-0.2, 0) is 4.74 Å². The molecule has 1 aromatic carbocycles. The zero-order valence-corrected chi connectivity index (χ0v) is 17.4. The summed E-state index contributed by atoms with van der Waals surface area (Å²) in [5.41, 5.74) is 6.03. The number of hydrogen-bond acceptors (Lipinski definition) is 6. The van der Waals surface area contributed by atoms with Crippen molar-refractivity contribution < 1.29 is 18.3 Å². The number of H-pyrrole nitrogens is 1. The second-order valence-corrected chi connectivity index (χ2v) is 7.30. The summed E-state index contributed by atoms with van der Waals surface area (Å²) in [5, 5.41) is 6.05. The standard InChI is InChI=1S/C19H18F2N4O3S.ClH/c1-28-18(26)13-5-12(6-14(21)7-13)16-2-3-17(29-16)15(4-11(8-20)9-22)25-10-23-24-19(25)27;/h2-3,5-8,10,15H,4,9,22H2,1H3,(H,24,27);1H/b11-8+;. The number of rotatable bonds is 7. The minimum atomic E-state index is -0.647. The monoisotopic (exact) mass is 456 g/mol. The molecule has 0 bridgehead atoms. The van der Waals surface area contributed by atoms with Crippen LogP contribution in [-0.4, -0.2) is 34.4 Å². The average molecular weight is 457 g/mol. The van der Waals surface area contributed by atoms with Crippen molar-refractivity contribution in [1.82, 2.24) is 14.8 Å². The molecule has 0 saturated heterocycles. The Bertz CT molecular complexity index is 1110. The van der Waals surface area contributed by atoms with Crippen molar-refractivity contribution in [3.63, 3.8) is 0 Å². The summed E-state index contributed by atoms with van der Waals surface area (Å²) in [6.45, 7) is 0.00419. The third kappa shape index (κ3) is 5.02. The van der Waals surface area contributed by atoms with Crippen molar-refractivity contribution in [1.29, 1.82) is 0 Å². The Morgan fingerprint density at radius 3 is 2.77 bits per heavy atom. The number of nitrogens with zero attached hydrogens (tertiary/aromatic N) is 2. The Labute approximate surface area is 180 Å². The first-order valence-corrected chi connectivity index (χ1v) is 9.37. The molecule has 0 saturated carbocycles. The maximum absolute atomic E-state index is 14.0. The molecule has 0 aliphatic heterocycles. The second kappa shape index (κ2) is 10.3. The molecule has 0 amide bonds. The van der Waals surface area contributed by atoms with E-state index in [1.54, 1.807) is 12.1 Å². The van der Waals surface area contributed by atoms with E-state index in [0.717, 1.165) is 10.9 Å². The van der Waals surface area contributed by atoms with Gasteiger partial charge in [0.25, 0.3) is 0 Å². The molecule has 0 fully saturated rings. The van der Waals surface area contributed by atoms with Gasteiger partial charge in [-0.15, -0.1) is 23.7 Å². The number of ether oxygens (including phenoxy) is 1. The molecule has 3 aromatic rings. The van der Waals surface area contributed by atoms with Crippen LogP contribution in [0.1, 0.15) is 27.7 Å². The highest BCUT2D eigenvalue weighted by molar-refractivity contribution is 7.15. The third-order valence-electron chi connectivity index (χ3n) is 4.34. The number of aromatic nitrogens is 3. The van der Waals surface area contributed by atoms with Crippen molar-refractivity contribution >= 4 is 29.7 Å². The van der Waals surface area contributed by atoms with Crippen molar-refractivity contribution in [3.8, 4) is 10.4 Å².